The summed E-state index contributed by atoms with van der Waals surface area (Å²) in [6.45, 7) is 4.33. The maximum atomic E-state index is 12.1. The number of hydrogen-bond donors (Lipinski definition) is 1. The lowest BCUT2D eigenvalue weighted by atomic mass is 10.1. The Morgan fingerprint density at radius 3 is 2.78 bits per heavy atom. The number of hydrogen-bond acceptors (Lipinski definition) is 5. The summed E-state index contributed by atoms with van der Waals surface area (Å²) in [6, 6.07) is 10.1. The van der Waals surface area contributed by atoms with Gasteiger partial charge in [-0.2, -0.15) is 5.10 Å². The summed E-state index contributed by atoms with van der Waals surface area (Å²) in [5.74, 6) is 0.323. The van der Waals surface area contributed by atoms with Gasteiger partial charge in [0.15, 0.2) is 5.96 Å². The zero-order valence-corrected chi connectivity index (χ0v) is 19.0. The van der Waals surface area contributed by atoms with E-state index in [0.717, 1.165) is 24.9 Å². The van der Waals surface area contributed by atoms with E-state index in [9.17, 15) is 9.59 Å². The molecule has 172 valence electrons. The van der Waals surface area contributed by atoms with Crippen molar-refractivity contribution in [2.75, 3.05) is 40.3 Å². The van der Waals surface area contributed by atoms with Crippen molar-refractivity contribution in [3.05, 3.63) is 53.9 Å². The van der Waals surface area contributed by atoms with E-state index in [0.29, 0.717) is 31.2 Å². The number of likely N-dealkylation sites (tertiary alicyclic amines) is 1. The fraction of sp³-hybridized carbons (Fsp3) is 0.478. The fourth-order valence-corrected chi connectivity index (χ4v) is 3.55. The molecule has 1 N–H and O–H groups in total. The molecule has 1 unspecified atom stereocenters. The molecule has 1 fully saturated rings. The highest BCUT2D eigenvalue weighted by molar-refractivity contribution is 5.88. The van der Waals surface area contributed by atoms with Gasteiger partial charge in [0, 0.05) is 33.4 Å². The van der Waals surface area contributed by atoms with E-state index in [1.54, 1.807) is 38.3 Å². The van der Waals surface area contributed by atoms with Gasteiger partial charge >= 0.3 is 5.97 Å². The maximum Gasteiger partial charge on any atom is 0.341 e. The Bertz CT molecular complexity index is 925. The summed E-state index contributed by atoms with van der Waals surface area (Å²) in [4.78, 5) is 32.6. The van der Waals surface area contributed by atoms with Crippen LogP contribution in [0.15, 0.2) is 47.7 Å². The molecule has 1 aliphatic heterocycles. The van der Waals surface area contributed by atoms with Crippen LogP contribution < -0.4 is 5.32 Å². The minimum Gasteiger partial charge on any atom is -0.462 e. The molecule has 9 nitrogen and oxygen atoms in total. The molecule has 0 bridgehead atoms. The zero-order valence-electron chi connectivity index (χ0n) is 19.0. The van der Waals surface area contributed by atoms with Crippen LogP contribution in [0.1, 0.15) is 41.7 Å². The summed E-state index contributed by atoms with van der Waals surface area (Å²) in [6.07, 6.45) is 5.20. The minimum absolute atomic E-state index is 0.0166. The minimum atomic E-state index is -0.361. The number of benzene rings is 1. The number of rotatable bonds is 7. The number of carbonyl (C=O) groups is 2. The molecule has 1 amide bonds. The first kappa shape index (κ1) is 23.3. The van der Waals surface area contributed by atoms with E-state index in [1.807, 2.05) is 35.0 Å². The molecule has 1 saturated heterocycles. The third-order valence-electron chi connectivity index (χ3n) is 5.33. The van der Waals surface area contributed by atoms with E-state index in [1.165, 1.54) is 0 Å². The van der Waals surface area contributed by atoms with Crippen LogP contribution in [0.4, 0.5) is 0 Å². The molecular formula is C23H32N6O3. The topological polar surface area (TPSA) is 92.1 Å². The van der Waals surface area contributed by atoms with Crippen LogP contribution in [0.25, 0.3) is 0 Å². The maximum absolute atomic E-state index is 12.1. The molecule has 32 heavy (non-hydrogen) atoms. The van der Waals surface area contributed by atoms with Gasteiger partial charge in [-0.3, -0.25) is 9.48 Å². The third kappa shape index (κ3) is 6.32. The summed E-state index contributed by atoms with van der Waals surface area (Å²) in [5.41, 5.74) is 1.56. The lowest BCUT2D eigenvalue weighted by molar-refractivity contribution is -0.127. The highest BCUT2D eigenvalue weighted by Crippen LogP contribution is 2.22. The number of ether oxygens (including phenoxy) is 1. The third-order valence-corrected chi connectivity index (χ3v) is 5.33. The summed E-state index contributed by atoms with van der Waals surface area (Å²) < 4.78 is 6.90. The quantitative estimate of drug-likeness (QED) is 0.402. The lowest BCUT2D eigenvalue weighted by Crippen LogP contribution is -2.49. The van der Waals surface area contributed by atoms with Crippen molar-refractivity contribution < 1.29 is 14.3 Å². The van der Waals surface area contributed by atoms with Crippen molar-refractivity contribution >= 4 is 17.8 Å². The van der Waals surface area contributed by atoms with Crippen molar-refractivity contribution in [2.45, 2.75) is 32.4 Å². The summed E-state index contributed by atoms with van der Waals surface area (Å²) in [7, 11) is 3.47. The average Bonchev–Trinajstić information content (AvgIpc) is 3.30. The molecular weight excluding hydrogens is 408 g/mol. The Morgan fingerprint density at radius 2 is 2.06 bits per heavy atom. The van der Waals surface area contributed by atoms with Gasteiger partial charge in [0.05, 0.1) is 37.5 Å². The smallest absolute Gasteiger partial charge is 0.341 e. The highest BCUT2D eigenvalue weighted by Gasteiger charge is 2.25. The summed E-state index contributed by atoms with van der Waals surface area (Å²) in [5, 5.41) is 7.63. The first-order valence-electron chi connectivity index (χ1n) is 11.0. The highest BCUT2D eigenvalue weighted by atomic mass is 16.5. The standard InChI is InChI=1S/C23H32N6O3/c1-4-32-22(31)19-14-26-29(16-19)20-11-8-12-28(17-20)23(25-15-21(30)27(2)3)24-13-18-9-6-5-7-10-18/h5-7,9-10,14,16,20H,4,8,11-13,15,17H2,1-3H3,(H,24,25). The number of amides is 1. The monoisotopic (exact) mass is 440 g/mol. The normalized spacial score (nSPS) is 16.5. The van der Waals surface area contributed by atoms with Crippen LogP contribution in [0.5, 0.6) is 0 Å². The number of aromatic nitrogens is 2. The number of piperidine rings is 1. The van der Waals surface area contributed by atoms with Crippen molar-refractivity contribution in [1.82, 2.24) is 24.9 Å². The molecule has 3 rings (SSSR count). The largest absolute Gasteiger partial charge is 0.462 e. The van der Waals surface area contributed by atoms with Crippen LogP contribution >= 0.6 is 0 Å². The van der Waals surface area contributed by atoms with Crippen molar-refractivity contribution in [3.8, 4) is 0 Å². The molecule has 2 aromatic rings. The predicted octanol–water partition coefficient (Wildman–Crippen LogP) is 1.93. The van der Waals surface area contributed by atoms with Gasteiger partial charge in [0.2, 0.25) is 5.91 Å². The Balaban J connectivity index is 1.73. The van der Waals surface area contributed by atoms with Gasteiger partial charge in [-0.1, -0.05) is 30.3 Å². The van der Waals surface area contributed by atoms with Gasteiger partial charge in [0.25, 0.3) is 0 Å². The number of esters is 1. The van der Waals surface area contributed by atoms with E-state index in [2.05, 4.69) is 15.3 Å². The van der Waals surface area contributed by atoms with Crippen LogP contribution in [0.3, 0.4) is 0 Å². The number of aliphatic imine (C=N–C) groups is 1. The Morgan fingerprint density at radius 1 is 1.28 bits per heavy atom. The molecule has 0 aliphatic carbocycles. The van der Waals surface area contributed by atoms with E-state index in [4.69, 9.17) is 9.73 Å². The summed E-state index contributed by atoms with van der Waals surface area (Å²) >= 11 is 0. The molecule has 9 heteroatoms. The second-order valence-electron chi connectivity index (χ2n) is 7.94. The molecule has 0 radical (unpaired) electrons. The van der Waals surface area contributed by atoms with Gasteiger partial charge in [0.1, 0.15) is 0 Å². The molecule has 1 atom stereocenters. The van der Waals surface area contributed by atoms with Crippen LogP contribution in [0, 0.1) is 0 Å². The van der Waals surface area contributed by atoms with E-state index >= 15 is 0 Å². The number of likely N-dealkylation sites (N-methyl/N-ethyl adjacent to an activating group) is 1. The van der Waals surface area contributed by atoms with Gasteiger partial charge in [-0.25, -0.2) is 9.79 Å². The zero-order chi connectivity index (χ0) is 22.9. The Hall–Kier alpha value is -3.36. The van der Waals surface area contributed by atoms with Crippen LogP contribution in [-0.2, 0) is 16.1 Å². The predicted molar refractivity (Wildman–Crippen MR) is 122 cm³/mol. The van der Waals surface area contributed by atoms with E-state index < -0.39 is 0 Å². The van der Waals surface area contributed by atoms with Gasteiger partial charge < -0.3 is 19.9 Å². The van der Waals surface area contributed by atoms with Crippen molar-refractivity contribution in [2.24, 2.45) is 4.99 Å². The second-order valence-corrected chi connectivity index (χ2v) is 7.94. The Labute approximate surface area is 189 Å². The molecule has 2 heterocycles. The van der Waals surface area contributed by atoms with Gasteiger partial charge in [-0.15, -0.1) is 0 Å². The Kier molecular flexibility index (Phi) is 8.24. The SMILES string of the molecule is CCOC(=O)c1cnn(C2CCCN(C(=NCc3ccccc3)NCC(=O)N(C)C)C2)c1. The number of nitrogens with one attached hydrogen (secondary N) is 1. The molecule has 0 spiro atoms. The first-order chi connectivity index (χ1) is 15.5. The molecule has 1 aromatic carbocycles. The first-order valence-corrected chi connectivity index (χ1v) is 11.0. The van der Waals surface area contributed by atoms with Crippen LogP contribution in [0.2, 0.25) is 0 Å². The van der Waals surface area contributed by atoms with Gasteiger partial charge in [-0.05, 0) is 25.3 Å². The van der Waals surface area contributed by atoms with Crippen molar-refractivity contribution in [1.29, 1.82) is 0 Å². The molecule has 1 aromatic heterocycles. The number of guanidine groups is 1. The van der Waals surface area contributed by atoms with Crippen LogP contribution in [-0.4, -0.2) is 77.8 Å². The van der Waals surface area contributed by atoms with E-state index in [-0.39, 0.29) is 24.5 Å². The lowest BCUT2D eigenvalue weighted by Gasteiger charge is -2.35. The second kappa shape index (κ2) is 11.3. The molecule has 1 aliphatic rings. The molecule has 0 saturated carbocycles. The number of carbonyl (C=O) groups excluding carboxylic acids is 2. The number of nitrogens with zero attached hydrogens (tertiary/aromatic N) is 5. The van der Waals surface area contributed by atoms with Crippen molar-refractivity contribution in [3.63, 3.8) is 0 Å². The fourth-order valence-electron chi connectivity index (χ4n) is 3.55. The average molecular weight is 441 g/mol.